The van der Waals surface area contributed by atoms with Gasteiger partial charge in [0.25, 0.3) is 0 Å². The fourth-order valence-electron chi connectivity index (χ4n) is 2.03. The molecule has 90 valence electrons. The predicted molar refractivity (Wildman–Crippen MR) is 74.4 cm³/mol. The Labute approximate surface area is 111 Å². The minimum atomic E-state index is 0.573. The van der Waals surface area contributed by atoms with Crippen LogP contribution < -0.4 is 0 Å². The predicted octanol–water partition coefficient (Wildman–Crippen LogP) is 3.48. The summed E-state index contributed by atoms with van der Waals surface area (Å²) >= 11 is 0. The lowest BCUT2D eigenvalue weighted by Crippen LogP contribution is -1.91. The lowest BCUT2D eigenvalue weighted by atomic mass is 10.0. The molecule has 0 amide bonds. The molecular formula is C16H11N3. The fraction of sp³-hybridized carbons (Fsp3) is 0.0625. The number of hydrogen-bond donors (Lipinski definition) is 0. The van der Waals surface area contributed by atoms with E-state index in [0.29, 0.717) is 5.56 Å². The van der Waals surface area contributed by atoms with Crippen LogP contribution in [0.25, 0.3) is 22.2 Å². The number of rotatable bonds is 1. The van der Waals surface area contributed by atoms with Crippen molar-refractivity contribution in [2.45, 2.75) is 6.92 Å². The third-order valence-electron chi connectivity index (χ3n) is 3.06. The molecule has 3 heteroatoms. The van der Waals surface area contributed by atoms with E-state index >= 15 is 0 Å². The van der Waals surface area contributed by atoms with E-state index in [-0.39, 0.29) is 0 Å². The van der Waals surface area contributed by atoms with Crippen LogP contribution in [0, 0.1) is 18.3 Å². The first-order valence-electron chi connectivity index (χ1n) is 6.00. The number of benzene rings is 1. The summed E-state index contributed by atoms with van der Waals surface area (Å²) in [5, 5.41) is 10.2. The van der Waals surface area contributed by atoms with Gasteiger partial charge in [0, 0.05) is 23.3 Å². The summed E-state index contributed by atoms with van der Waals surface area (Å²) in [7, 11) is 0. The Morgan fingerprint density at radius 1 is 1.11 bits per heavy atom. The van der Waals surface area contributed by atoms with Crippen LogP contribution in [-0.2, 0) is 0 Å². The minimum Gasteiger partial charge on any atom is -0.264 e. The molecule has 2 heterocycles. The van der Waals surface area contributed by atoms with Crippen molar-refractivity contribution < 1.29 is 0 Å². The van der Waals surface area contributed by atoms with Crippen LogP contribution in [-0.4, -0.2) is 9.97 Å². The maximum absolute atomic E-state index is 9.28. The molecule has 0 radical (unpaired) electrons. The average Bonchev–Trinajstić information content (AvgIpc) is 2.46. The topological polar surface area (TPSA) is 49.6 Å². The first kappa shape index (κ1) is 11.4. The summed E-state index contributed by atoms with van der Waals surface area (Å²) in [5.41, 5.74) is 4.29. The molecule has 0 spiro atoms. The van der Waals surface area contributed by atoms with Crippen molar-refractivity contribution in [3.05, 3.63) is 59.9 Å². The molecule has 3 rings (SSSR count). The van der Waals surface area contributed by atoms with Gasteiger partial charge in [-0.05, 0) is 19.1 Å². The van der Waals surface area contributed by atoms with E-state index < -0.39 is 0 Å². The van der Waals surface area contributed by atoms with Gasteiger partial charge in [-0.2, -0.15) is 5.26 Å². The van der Waals surface area contributed by atoms with Crippen LogP contribution in [0.4, 0.5) is 0 Å². The highest BCUT2D eigenvalue weighted by atomic mass is 14.7. The standard InChI is InChI=1S/C16H11N3/c1-11-2-4-12(5-3-11)16-13(9-17)8-14-10-18-7-6-15(14)19-16/h2-8,10H,1H3. The van der Waals surface area contributed by atoms with Crippen LogP contribution >= 0.6 is 0 Å². The second kappa shape index (κ2) is 4.51. The van der Waals surface area contributed by atoms with Gasteiger partial charge in [0.05, 0.1) is 16.8 Å². The molecule has 0 aliphatic heterocycles. The highest BCUT2D eigenvalue weighted by Gasteiger charge is 2.08. The SMILES string of the molecule is Cc1ccc(-c2nc3ccncc3cc2C#N)cc1. The van der Waals surface area contributed by atoms with Crippen LogP contribution in [0.15, 0.2) is 48.8 Å². The molecule has 0 aliphatic carbocycles. The van der Waals surface area contributed by atoms with Crippen molar-refractivity contribution in [2.24, 2.45) is 0 Å². The molecule has 0 saturated carbocycles. The Balaban J connectivity index is 2.27. The largest absolute Gasteiger partial charge is 0.264 e. The average molecular weight is 245 g/mol. The van der Waals surface area contributed by atoms with Crippen molar-refractivity contribution in [2.75, 3.05) is 0 Å². The summed E-state index contributed by atoms with van der Waals surface area (Å²) < 4.78 is 0. The molecule has 0 bridgehead atoms. The van der Waals surface area contributed by atoms with E-state index in [2.05, 4.69) is 16.0 Å². The Morgan fingerprint density at radius 3 is 2.63 bits per heavy atom. The zero-order valence-corrected chi connectivity index (χ0v) is 10.5. The molecule has 0 aliphatic rings. The monoisotopic (exact) mass is 245 g/mol. The second-order valence-electron chi connectivity index (χ2n) is 4.43. The maximum atomic E-state index is 9.28. The normalized spacial score (nSPS) is 10.3. The maximum Gasteiger partial charge on any atom is 0.101 e. The molecule has 0 fully saturated rings. The molecule has 3 nitrogen and oxygen atoms in total. The van der Waals surface area contributed by atoms with Gasteiger partial charge in [0.1, 0.15) is 6.07 Å². The summed E-state index contributed by atoms with van der Waals surface area (Å²) in [6.45, 7) is 2.04. The number of nitriles is 1. The van der Waals surface area contributed by atoms with E-state index in [1.54, 1.807) is 12.4 Å². The van der Waals surface area contributed by atoms with Crippen molar-refractivity contribution in [3.8, 4) is 17.3 Å². The van der Waals surface area contributed by atoms with Crippen molar-refractivity contribution in [1.82, 2.24) is 9.97 Å². The van der Waals surface area contributed by atoms with Gasteiger partial charge in [0.2, 0.25) is 0 Å². The molecule has 1 aromatic carbocycles. The second-order valence-corrected chi connectivity index (χ2v) is 4.43. The van der Waals surface area contributed by atoms with Crippen LogP contribution in [0.3, 0.4) is 0 Å². The quantitative estimate of drug-likeness (QED) is 0.659. The van der Waals surface area contributed by atoms with E-state index in [9.17, 15) is 5.26 Å². The molecule has 19 heavy (non-hydrogen) atoms. The highest BCUT2D eigenvalue weighted by Crippen LogP contribution is 2.25. The summed E-state index contributed by atoms with van der Waals surface area (Å²) in [4.78, 5) is 8.64. The van der Waals surface area contributed by atoms with Gasteiger partial charge in [-0.15, -0.1) is 0 Å². The van der Waals surface area contributed by atoms with Crippen LogP contribution in [0.5, 0.6) is 0 Å². The number of nitrogens with zero attached hydrogens (tertiary/aromatic N) is 3. The molecule has 0 unspecified atom stereocenters. The minimum absolute atomic E-state index is 0.573. The number of pyridine rings is 2. The molecule has 3 aromatic rings. The summed E-state index contributed by atoms with van der Waals surface area (Å²) in [5.74, 6) is 0. The first-order chi connectivity index (χ1) is 9.28. The molecule has 0 saturated heterocycles. The third kappa shape index (κ3) is 2.04. The van der Waals surface area contributed by atoms with E-state index in [1.807, 2.05) is 43.3 Å². The number of aryl methyl sites for hydroxylation is 1. The number of hydrogen-bond acceptors (Lipinski definition) is 3. The van der Waals surface area contributed by atoms with Crippen LogP contribution in [0.1, 0.15) is 11.1 Å². The zero-order chi connectivity index (χ0) is 13.2. The van der Waals surface area contributed by atoms with Gasteiger partial charge in [-0.3, -0.25) is 4.98 Å². The number of fused-ring (bicyclic) bond motifs is 1. The van der Waals surface area contributed by atoms with E-state index in [4.69, 9.17) is 0 Å². The zero-order valence-electron chi connectivity index (χ0n) is 10.5. The molecule has 2 aromatic heterocycles. The van der Waals surface area contributed by atoms with Gasteiger partial charge in [0.15, 0.2) is 0 Å². The Bertz CT molecular complexity index is 783. The molecule has 0 atom stereocenters. The number of aromatic nitrogens is 2. The van der Waals surface area contributed by atoms with Crippen LogP contribution in [0.2, 0.25) is 0 Å². The van der Waals surface area contributed by atoms with Crippen molar-refractivity contribution >= 4 is 10.9 Å². The van der Waals surface area contributed by atoms with Crippen molar-refractivity contribution in [1.29, 1.82) is 5.26 Å². The highest BCUT2D eigenvalue weighted by molar-refractivity contribution is 5.83. The third-order valence-corrected chi connectivity index (χ3v) is 3.06. The van der Waals surface area contributed by atoms with Gasteiger partial charge in [-0.25, -0.2) is 4.98 Å². The fourth-order valence-corrected chi connectivity index (χ4v) is 2.03. The van der Waals surface area contributed by atoms with Gasteiger partial charge in [-0.1, -0.05) is 29.8 Å². The first-order valence-corrected chi connectivity index (χ1v) is 6.00. The lowest BCUT2D eigenvalue weighted by Gasteiger charge is -2.06. The molecule has 0 N–H and O–H groups in total. The van der Waals surface area contributed by atoms with E-state index in [1.165, 1.54) is 5.56 Å². The summed E-state index contributed by atoms with van der Waals surface area (Å²) in [6, 6.07) is 13.9. The van der Waals surface area contributed by atoms with Crippen molar-refractivity contribution in [3.63, 3.8) is 0 Å². The Morgan fingerprint density at radius 2 is 1.89 bits per heavy atom. The Hall–Kier alpha value is -2.73. The Kier molecular flexibility index (Phi) is 2.70. The summed E-state index contributed by atoms with van der Waals surface area (Å²) in [6.07, 6.45) is 3.43. The lowest BCUT2D eigenvalue weighted by molar-refractivity contribution is 1.31. The smallest absolute Gasteiger partial charge is 0.101 e. The van der Waals surface area contributed by atoms with E-state index in [0.717, 1.165) is 22.2 Å². The molecular weight excluding hydrogens is 234 g/mol. The van der Waals surface area contributed by atoms with Gasteiger partial charge < -0.3 is 0 Å². The van der Waals surface area contributed by atoms with Gasteiger partial charge >= 0.3 is 0 Å².